The highest BCUT2D eigenvalue weighted by Crippen LogP contribution is 2.30. The fourth-order valence-electron chi connectivity index (χ4n) is 2.87. The summed E-state index contributed by atoms with van der Waals surface area (Å²) in [6.07, 6.45) is 1.43. The Hall–Kier alpha value is -4.28. The van der Waals surface area contributed by atoms with Crippen molar-refractivity contribution in [3.8, 4) is 17.6 Å². The Morgan fingerprint density at radius 1 is 1.09 bits per heavy atom. The van der Waals surface area contributed by atoms with Crippen molar-refractivity contribution in [3.63, 3.8) is 0 Å². The van der Waals surface area contributed by atoms with Crippen LogP contribution in [0.2, 0.25) is 5.02 Å². The second-order valence-electron chi connectivity index (χ2n) is 6.80. The third-order valence-electron chi connectivity index (χ3n) is 4.58. The summed E-state index contributed by atoms with van der Waals surface area (Å²) in [5.41, 5.74) is 1.84. The van der Waals surface area contributed by atoms with Crippen LogP contribution < -0.4 is 14.8 Å². The molecule has 8 heteroatoms. The molecule has 0 aliphatic carbocycles. The molecule has 0 unspecified atom stereocenters. The van der Waals surface area contributed by atoms with Crippen molar-refractivity contribution in [1.82, 2.24) is 0 Å². The molecule has 2 N–H and O–H groups in total. The predicted octanol–water partition coefficient (Wildman–Crippen LogP) is 5.17. The number of halogens is 1. The number of nitriles is 1. The monoisotopic (exact) mass is 462 g/mol. The Bertz CT molecular complexity index is 1250. The summed E-state index contributed by atoms with van der Waals surface area (Å²) in [4.78, 5) is 23.4. The number of carbonyl (C=O) groups excluding carboxylic acids is 1. The quantitative estimate of drug-likeness (QED) is 0.353. The average molecular weight is 463 g/mol. The molecule has 166 valence electrons. The van der Waals surface area contributed by atoms with Crippen molar-refractivity contribution in [2.24, 2.45) is 0 Å². The highest BCUT2D eigenvalue weighted by atomic mass is 35.5. The van der Waals surface area contributed by atoms with Gasteiger partial charge in [0.2, 0.25) is 0 Å². The van der Waals surface area contributed by atoms with Crippen LogP contribution in [0.15, 0.2) is 72.3 Å². The third kappa shape index (κ3) is 6.12. The molecular weight excluding hydrogens is 444 g/mol. The van der Waals surface area contributed by atoms with Gasteiger partial charge in [-0.25, -0.2) is 4.79 Å². The second kappa shape index (κ2) is 10.8. The van der Waals surface area contributed by atoms with E-state index in [0.29, 0.717) is 27.8 Å². The number of nitrogens with zero attached hydrogens (tertiary/aromatic N) is 1. The molecule has 1 amide bonds. The van der Waals surface area contributed by atoms with Gasteiger partial charge in [0.1, 0.15) is 18.2 Å². The molecular formula is C25H19ClN2O5. The molecule has 0 heterocycles. The van der Waals surface area contributed by atoms with Crippen LogP contribution in [0, 0.1) is 11.3 Å². The molecule has 3 aromatic carbocycles. The first-order valence-corrected chi connectivity index (χ1v) is 10.1. The number of methoxy groups -OCH3 is 1. The molecule has 0 aromatic heterocycles. The number of hydrogen-bond donors (Lipinski definition) is 2. The van der Waals surface area contributed by atoms with E-state index in [0.717, 1.165) is 5.56 Å². The zero-order valence-electron chi connectivity index (χ0n) is 17.5. The van der Waals surface area contributed by atoms with Gasteiger partial charge in [0.25, 0.3) is 5.91 Å². The van der Waals surface area contributed by atoms with Crippen LogP contribution in [0.25, 0.3) is 6.08 Å². The number of hydrogen-bond acceptors (Lipinski definition) is 5. The van der Waals surface area contributed by atoms with E-state index in [1.807, 2.05) is 6.07 Å². The van der Waals surface area contributed by atoms with Gasteiger partial charge in [-0.2, -0.15) is 5.26 Å². The molecule has 0 saturated carbocycles. The number of anilines is 1. The van der Waals surface area contributed by atoms with Gasteiger partial charge in [-0.3, -0.25) is 4.79 Å². The number of carboxylic acid groups (broad SMARTS) is 1. The highest BCUT2D eigenvalue weighted by molar-refractivity contribution is 6.34. The lowest BCUT2D eigenvalue weighted by Gasteiger charge is -2.12. The molecule has 0 aliphatic heterocycles. The highest BCUT2D eigenvalue weighted by Gasteiger charge is 2.13. The maximum absolute atomic E-state index is 12.5. The van der Waals surface area contributed by atoms with Crippen LogP contribution in [-0.4, -0.2) is 24.1 Å². The second-order valence-corrected chi connectivity index (χ2v) is 7.21. The van der Waals surface area contributed by atoms with Gasteiger partial charge in [0, 0.05) is 0 Å². The number of aromatic carboxylic acids is 1. The molecule has 3 rings (SSSR count). The number of benzene rings is 3. The largest absolute Gasteiger partial charge is 0.493 e. The van der Waals surface area contributed by atoms with Gasteiger partial charge in [-0.05, 0) is 53.6 Å². The molecule has 0 saturated heterocycles. The van der Waals surface area contributed by atoms with Crippen LogP contribution >= 0.6 is 11.6 Å². The van der Waals surface area contributed by atoms with Crippen molar-refractivity contribution in [2.45, 2.75) is 6.61 Å². The summed E-state index contributed by atoms with van der Waals surface area (Å²) in [7, 11) is 1.48. The molecule has 0 bridgehead atoms. The molecule has 0 radical (unpaired) electrons. The van der Waals surface area contributed by atoms with E-state index in [1.165, 1.54) is 25.3 Å². The molecule has 3 aromatic rings. The van der Waals surface area contributed by atoms with Crippen LogP contribution in [0.4, 0.5) is 5.69 Å². The minimum Gasteiger partial charge on any atom is -0.493 e. The van der Waals surface area contributed by atoms with Crippen molar-refractivity contribution in [1.29, 1.82) is 5.26 Å². The zero-order chi connectivity index (χ0) is 23.8. The van der Waals surface area contributed by atoms with E-state index in [1.54, 1.807) is 54.6 Å². The topological polar surface area (TPSA) is 109 Å². The minimum atomic E-state index is -0.995. The lowest BCUT2D eigenvalue weighted by molar-refractivity contribution is -0.112. The Kier molecular flexibility index (Phi) is 7.68. The first kappa shape index (κ1) is 23.4. The number of para-hydroxylation sites is 1. The first-order valence-electron chi connectivity index (χ1n) is 9.72. The van der Waals surface area contributed by atoms with E-state index in [9.17, 15) is 14.9 Å². The van der Waals surface area contributed by atoms with Gasteiger partial charge in [0.05, 0.1) is 23.4 Å². The van der Waals surface area contributed by atoms with Crippen LogP contribution in [-0.2, 0) is 11.4 Å². The van der Waals surface area contributed by atoms with E-state index < -0.39 is 11.9 Å². The summed E-state index contributed by atoms with van der Waals surface area (Å²) in [5.74, 6) is -0.717. The third-order valence-corrected chi connectivity index (χ3v) is 4.91. The normalized spacial score (nSPS) is 10.8. The number of rotatable bonds is 8. The smallest absolute Gasteiger partial charge is 0.335 e. The number of carbonyl (C=O) groups is 2. The zero-order valence-corrected chi connectivity index (χ0v) is 18.3. The number of carboxylic acids is 1. The van der Waals surface area contributed by atoms with Crippen molar-refractivity contribution < 1.29 is 24.2 Å². The summed E-state index contributed by atoms with van der Waals surface area (Å²) in [5, 5.41) is 21.4. The maximum atomic E-state index is 12.5. The molecule has 0 aliphatic rings. The minimum absolute atomic E-state index is 0.107. The van der Waals surface area contributed by atoms with Gasteiger partial charge in [-0.15, -0.1) is 0 Å². The number of nitrogens with one attached hydrogen (secondary N) is 1. The van der Waals surface area contributed by atoms with Gasteiger partial charge in [0.15, 0.2) is 11.5 Å². The van der Waals surface area contributed by atoms with Crippen LogP contribution in [0.1, 0.15) is 21.5 Å². The number of amides is 1. The molecule has 0 fully saturated rings. The maximum Gasteiger partial charge on any atom is 0.335 e. The summed E-state index contributed by atoms with van der Waals surface area (Å²) in [6.45, 7) is 0.204. The molecule has 0 atom stereocenters. The lowest BCUT2D eigenvalue weighted by atomic mass is 10.1. The number of ether oxygens (including phenoxy) is 2. The van der Waals surface area contributed by atoms with Gasteiger partial charge < -0.3 is 19.9 Å². The predicted molar refractivity (Wildman–Crippen MR) is 124 cm³/mol. The van der Waals surface area contributed by atoms with Crippen molar-refractivity contribution in [3.05, 3.63) is 94.0 Å². The molecule has 33 heavy (non-hydrogen) atoms. The van der Waals surface area contributed by atoms with E-state index >= 15 is 0 Å². The van der Waals surface area contributed by atoms with Crippen LogP contribution in [0.3, 0.4) is 0 Å². The van der Waals surface area contributed by atoms with Crippen molar-refractivity contribution in [2.75, 3.05) is 12.4 Å². The fraction of sp³-hybridized carbons (Fsp3) is 0.0800. The average Bonchev–Trinajstić information content (AvgIpc) is 2.83. The van der Waals surface area contributed by atoms with Crippen LogP contribution in [0.5, 0.6) is 11.5 Å². The van der Waals surface area contributed by atoms with Gasteiger partial charge >= 0.3 is 5.97 Å². The summed E-state index contributed by atoms with van der Waals surface area (Å²) < 4.78 is 11.2. The van der Waals surface area contributed by atoms with E-state index in [2.05, 4.69) is 5.32 Å². The fourth-order valence-corrected chi connectivity index (χ4v) is 3.05. The van der Waals surface area contributed by atoms with E-state index in [4.69, 9.17) is 26.2 Å². The molecule has 7 nitrogen and oxygen atoms in total. The SMILES string of the molecule is COc1cc(/C=C(\C#N)C(=O)Nc2ccccc2Cl)ccc1OCc1ccc(C(=O)O)cc1. The Balaban J connectivity index is 1.74. The molecule has 0 spiro atoms. The Labute approximate surface area is 195 Å². The summed E-state index contributed by atoms with van der Waals surface area (Å²) >= 11 is 6.06. The van der Waals surface area contributed by atoms with E-state index in [-0.39, 0.29) is 17.7 Å². The van der Waals surface area contributed by atoms with Gasteiger partial charge in [-0.1, -0.05) is 41.9 Å². The first-order chi connectivity index (χ1) is 15.9. The standard InChI is InChI=1S/C25H19ClN2O5/c1-32-23-13-17(12-19(14-27)24(29)28-21-5-3-2-4-20(21)26)8-11-22(23)33-15-16-6-9-18(10-7-16)25(30)31/h2-13H,15H2,1H3,(H,28,29)(H,30,31)/b19-12+. The lowest BCUT2D eigenvalue weighted by Crippen LogP contribution is -2.13. The summed E-state index contributed by atoms with van der Waals surface area (Å²) in [6, 6.07) is 20.0. The Morgan fingerprint density at radius 2 is 1.82 bits per heavy atom. The van der Waals surface area contributed by atoms with Crippen molar-refractivity contribution >= 4 is 35.2 Å². The Morgan fingerprint density at radius 3 is 2.45 bits per heavy atom.